The molecule has 0 spiro atoms. The summed E-state index contributed by atoms with van der Waals surface area (Å²) in [4.78, 5) is 9.45. The normalized spacial score (nSPS) is 20.5. The van der Waals surface area contributed by atoms with E-state index in [9.17, 15) is 0 Å². The van der Waals surface area contributed by atoms with Crippen LogP contribution in [-0.4, -0.2) is 21.0 Å². The Morgan fingerprint density at radius 2 is 1.73 bits per heavy atom. The average Bonchev–Trinajstić information content (AvgIpc) is 2.67. The van der Waals surface area contributed by atoms with Gasteiger partial charge in [0.25, 0.3) is 0 Å². The van der Waals surface area contributed by atoms with Crippen LogP contribution in [0.25, 0.3) is 0 Å². The topological polar surface area (TPSA) is 25.8 Å². The molecule has 0 bridgehead atoms. The van der Waals surface area contributed by atoms with Crippen LogP contribution in [0.2, 0.25) is 0 Å². The van der Waals surface area contributed by atoms with Crippen molar-refractivity contribution in [2.24, 2.45) is 0 Å². The van der Waals surface area contributed by atoms with E-state index in [2.05, 4.69) is 73.8 Å². The Balaban J connectivity index is 1.45. The van der Waals surface area contributed by atoms with Gasteiger partial charge in [0.05, 0.1) is 0 Å². The van der Waals surface area contributed by atoms with E-state index in [1.807, 2.05) is 0 Å². The first kappa shape index (κ1) is 18.4. The second-order valence-corrected chi connectivity index (χ2v) is 10.4. The maximum absolute atomic E-state index is 4.81. The highest BCUT2D eigenvalue weighted by Gasteiger charge is 2.23. The summed E-state index contributed by atoms with van der Waals surface area (Å²) in [6.45, 7) is 6.81. The van der Waals surface area contributed by atoms with Crippen LogP contribution in [0.4, 0.5) is 0 Å². The lowest BCUT2D eigenvalue weighted by atomic mass is 9.93. The summed E-state index contributed by atoms with van der Waals surface area (Å²) in [6, 6.07) is 4.74. The highest BCUT2D eigenvalue weighted by molar-refractivity contribution is 7.99. The maximum Gasteiger partial charge on any atom is 0.0435 e. The monoisotopic (exact) mass is 384 g/mol. The predicted octanol–water partition coefficient (Wildman–Crippen LogP) is 5.74. The third kappa shape index (κ3) is 3.96. The molecule has 2 nitrogen and oxygen atoms in total. The zero-order chi connectivity index (χ0) is 18.1. The van der Waals surface area contributed by atoms with E-state index in [0.717, 1.165) is 11.5 Å². The van der Waals surface area contributed by atoms with Crippen molar-refractivity contribution in [3.05, 3.63) is 58.2 Å². The van der Waals surface area contributed by atoms with Crippen LogP contribution >= 0.6 is 23.5 Å². The number of nitrogens with zero attached hydrogens (tertiary/aromatic N) is 2. The van der Waals surface area contributed by atoms with Crippen molar-refractivity contribution in [2.75, 3.05) is 5.75 Å². The van der Waals surface area contributed by atoms with Crippen molar-refractivity contribution in [2.45, 2.75) is 68.6 Å². The minimum absolute atomic E-state index is 0.504. The van der Waals surface area contributed by atoms with Crippen LogP contribution in [0.1, 0.15) is 72.7 Å². The fraction of sp³-hybridized carbons (Fsp3) is 0.545. The molecule has 2 aliphatic rings. The number of aryl methyl sites for hydroxylation is 1. The van der Waals surface area contributed by atoms with Gasteiger partial charge in [-0.15, -0.1) is 0 Å². The maximum atomic E-state index is 4.81. The molecule has 0 saturated carbocycles. The molecule has 0 aromatic carbocycles. The second-order valence-electron chi connectivity index (χ2n) is 7.99. The van der Waals surface area contributed by atoms with Crippen LogP contribution in [0.3, 0.4) is 0 Å². The molecule has 2 aromatic heterocycles. The summed E-state index contributed by atoms with van der Waals surface area (Å²) in [5.41, 5.74) is 8.47. The number of aromatic nitrogens is 2. The van der Waals surface area contributed by atoms with E-state index in [4.69, 9.17) is 4.98 Å². The van der Waals surface area contributed by atoms with Gasteiger partial charge < -0.3 is 0 Å². The van der Waals surface area contributed by atoms with Crippen molar-refractivity contribution in [1.82, 2.24) is 9.97 Å². The Morgan fingerprint density at radius 3 is 2.58 bits per heavy atom. The summed E-state index contributed by atoms with van der Waals surface area (Å²) in [5.74, 6) is 4.54. The molecular formula is C22H28N2S2. The molecule has 0 fully saturated rings. The summed E-state index contributed by atoms with van der Waals surface area (Å²) in [5, 5.41) is 0.687. The molecular weight excluding hydrogens is 356 g/mol. The zero-order valence-corrected chi connectivity index (χ0v) is 17.6. The number of hydrogen-bond acceptors (Lipinski definition) is 4. The lowest BCUT2D eigenvalue weighted by Crippen LogP contribution is -2.18. The fourth-order valence-corrected chi connectivity index (χ4v) is 6.29. The van der Waals surface area contributed by atoms with Gasteiger partial charge in [0.2, 0.25) is 0 Å². The molecule has 0 N–H and O–H groups in total. The lowest BCUT2D eigenvalue weighted by Gasteiger charge is -2.27. The van der Waals surface area contributed by atoms with E-state index < -0.39 is 0 Å². The molecule has 2 aliphatic heterocycles. The molecule has 2 unspecified atom stereocenters. The Kier molecular flexibility index (Phi) is 5.61. The van der Waals surface area contributed by atoms with Crippen molar-refractivity contribution < 1.29 is 0 Å². The quantitative estimate of drug-likeness (QED) is 0.671. The van der Waals surface area contributed by atoms with Gasteiger partial charge >= 0.3 is 0 Å². The Bertz CT molecular complexity index is 788. The van der Waals surface area contributed by atoms with Crippen LogP contribution in [0, 0.1) is 0 Å². The van der Waals surface area contributed by atoms with Crippen molar-refractivity contribution in [3.8, 4) is 0 Å². The van der Waals surface area contributed by atoms with E-state index in [1.54, 1.807) is 0 Å². The summed E-state index contributed by atoms with van der Waals surface area (Å²) in [7, 11) is 0. The number of fused-ring (bicyclic) bond motifs is 2. The number of thioether (sulfide) groups is 2. The first-order valence-electron chi connectivity index (χ1n) is 9.75. The largest absolute Gasteiger partial charge is 0.261 e. The number of pyridine rings is 2. The SMILES string of the molecule is CC(C)c1cc2c(cn1)CSC(CC(C)c1cc3c(cn1)CCSC3)C2. The zero-order valence-electron chi connectivity index (χ0n) is 16.0. The molecule has 2 aromatic rings. The average molecular weight is 385 g/mol. The lowest BCUT2D eigenvalue weighted by molar-refractivity contribution is 0.624. The first-order chi connectivity index (χ1) is 12.6. The van der Waals surface area contributed by atoms with Crippen LogP contribution in [0.15, 0.2) is 24.5 Å². The third-order valence-corrected chi connectivity index (χ3v) is 7.93. The van der Waals surface area contributed by atoms with Crippen LogP contribution in [0.5, 0.6) is 0 Å². The highest BCUT2D eigenvalue weighted by Crippen LogP contribution is 2.36. The van der Waals surface area contributed by atoms with Gasteiger partial charge in [-0.05, 0) is 71.2 Å². The molecule has 2 atom stereocenters. The van der Waals surface area contributed by atoms with Crippen molar-refractivity contribution in [3.63, 3.8) is 0 Å². The summed E-state index contributed by atoms with van der Waals surface area (Å²) < 4.78 is 0. The first-order valence-corrected chi connectivity index (χ1v) is 11.9. The summed E-state index contributed by atoms with van der Waals surface area (Å²) >= 11 is 4.15. The van der Waals surface area contributed by atoms with Crippen LogP contribution < -0.4 is 0 Å². The molecule has 0 aliphatic carbocycles. The van der Waals surface area contributed by atoms with Gasteiger partial charge in [0.15, 0.2) is 0 Å². The highest BCUT2D eigenvalue weighted by atomic mass is 32.2. The van der Waals surface area contributed by atoms with E-state index in [-0.39, 0.29) is 0 Å². The Morgan fingerprint density at radius 1 is 0.962 bits per heavy atom. The van der Waals surface area contributed by atoms with E-state index >= 15 is 0 Å². The Labute approximate surface area is 166 Å². The van der Waals surface area contributed by atoms with Crippen LogP contribution in [-0.2, 0) is 24.3 Å². The fourth-order valence-electron chi connectivity index (χ4n) is 3.89. The van der Waals surface area contributed by atoms with Gasteiger partial charge in [-0.2, -0.15) is 23.5 Å². The molecule has 4 heteroatoms. The number of hydrogen-bond donors (Lipinski definition) is 0. The van der Waals surface area contributed by atoms with Crippen molar-refractivity contribution in [1.29, 1.82) is 0 Å². The molecule has 138 valence electrons. The van der Waals surface area contributed by atoms with E-state index in [1.165, 1.54) is 58.7 Å². The minimum Gasteiger partial charge on any atom is -0.261 e. The van der Waals surface area contributed by atoms with Gasteiger partial charge in [0.1, 0.15) is 0 Å². The molecule has 0 amide bonds. The second kappa shape index (κ2) is 7.93. The molecule has 0 radical (unpaired) electrons. The van der Waals surface area contributed by atoms with Gasteiger partial charge in [-0.3, -0.25) is 9.97 Å². The smallest absolute Gasteiger partial charge is 0.0435 e. The van der Waals surface area contributed by atoms with Gasteiger partial charge in [-0.25, -0.2) is 0 Å². The molecule has 0 saturated heterocycles. The standard InChI is InChI=1S/C22H28N2S2/c1-14(2)21-8-17-7-20(26-13-19(17)11-23-21)6-15(3)22-9-18-12-25-5-4-16(18)10-24-22/h8-11,14-15,20H,4-7,12-13H2,1-3H3. The van der Waals surface area contributed by atoms with E-state index in [0.29, 0.717) is 17.1 Å². The van der Waals surface area contributed by atoms with Crippen molar-refractivity contribution >= 4 is 23.5 Å². The molecule has 4 rings (SSSR count). The van der Waals surface area contributed by atoms with Gasteiger partial charge in [0, 0.05) is 40.5 Å². The van der Waals surface area contributed by atoms with Gasteiger partial charge in [-0.1, -0.05) is 20.8 Å². The Hall–Kier alpha value is -1.000. The molecule has 4 heterocycles. The minimum atomic E-state index is 0.504. The number of rotatable bonds is 4. The molecule has 26 heavy (non-hydrogen) atoms. The predicted molar refractivity (Wildman–Crippen MR) is 114 cm³/mol. The third-order valence-electron chi connectivity index (χ3n) is 5.62. The summed E-state index contributed by atoms with van der Waals surface area (Å²) in [6.07, 6.45) is 7.82.